The van der Waals surface area contributed by atoms with Gasteiger partial charge < -0.3 is 14.6 Å². The number of ether oxygens (including phenoxy) is 1. The molecule has 7 nitrogen and oxygen atoms in total. The number of anilines is 1. The Morgan fingerprint density at radius 3 is 3.00 bits per heavy atom. The third-order valence-electron chi connectivity index (χ3n) is 3.55. The van der Waals surface area contributed by atoms with Crippen LogP contribution in [-0.4, -0.2) is 31.4 Å². The minimum Gasteiger partial charge on any atom is -0.483 e. The molecule has 2 aromatic heterocycles. The van der Waals surface area contributed by atoms with E-state index in [0.29, 0.717) is 33.4 Å². The molecule has 0 saturated heterocycles. The summed E-state index contributed by atoms with van der Waals surface area (Å²) in [5.74, 6) is 1.45. The summed E-state index contributed by atoms with van der Waals surface area (Å²) in [6.45, 7) is 4.57. The molecular weight excluding hydrogens is 406 g/mol. The van der Waals surface area contributed by atoms with Crippen molar-refractivity contribution in [3.8, 4) is 5.75 Å². The summed E-state index contributed by atoms with van der Waals surface area (Å²) >= 11 is 8.71. The van der Waals surface area contributed by atoms with E-state index in [1.165, 1.54) is 23.1 Å². The van der Waals surface area contributed by atoms with E-state index < -0.39 is 0 Å². The van der Waals surface area contributed by atoms with E-state index in [4.69, 9.17) is 16.3 Å². The Kier molecular flexibility index (Phi) is 6.70. The smallest absolute Gasteiger partial charge is 0.236 e. The van der Waals surface area contributed by atoms with Crippen molar-refractivity contribution < 1.29 is 9.53 Å². The quantitative estimate of drug-likeness (QED) is 0.544. The summed E-state index contributed by atoms with van der Waals surface area (Å²) in [7, 11) is 0. The molecule has 0 fully saturated rings. The van der Waals surface area contributed by atoms with Crippen molar-refractivity contribution in [3.63, 3.8) is 0 Å². The fraction of sp³-hybridized carbons (Fsp3) is 0.294. The van der Waals surface area contributed by atoms with Gasteiger partial charge in [-0.3, -0.25) is 4.79 Å². The van der Waals surface area contributed by atoms with Crippen LogP contribution < -0.4 is 10.1 Å². The highest BCUT2D eigenvalue weighted by atomic mass is 35.5. The minimum absolute atomic E-state index is 0.134. The van der Waals surface area contributed by atoms with Crippen LogP contribution in [0.2, 0.25) is 5.02 Å². The zero-order valence-corrected chi connectivity index (χ0v) is 17.1. The topological polar surface area (TPSA) is 81.9 Å². The number of hydrogen-bond acceptors (Lipinski definition) is 7. The van der Waals surface area contributed by atoms with Crippen molar-refractivity contribution >= 4 is 45.7 Å². The Hall–Kier alpha value is -2.10. The number of thiazole rings is 1. The molecule has 27 heavy (non-hydrogen) atoms. The number of benzene rings is 1. The van der Waals surface area contributed by atoms with E-state index in [9.17, 15) is 4.79 Å². The Labute approximate surface area is 170 Å². The summed E-state index contributed by atoms with van der Waals surface area (Å²) in [4.78, 5) is 16.1. The van der Waals surface area contributed by atoms with Crippen LogP contribution in [0.5, 0.6) is 5.75 Å². The molecule has 0 aliphatic heterocycles. The summed E-state index contributed by atoms with van der Waals surface area (Å²) in [5, 5.41) is 14.9. The van der Waals surface area contributed by atoms with E-state index in [1.807, 2.05) is 35.9 Å². The fourth-order valence-electron chi connectivity index (χ4n) is 2.37. The maximum Gasteiger partial charge on any atom is 0.236 e. The van der Waals surface area contributed by atoms with E-state index >= 15 is 0 Å². The van der Waals surface area contributed by atoms with Gasteiger partial charge in [-0.15, -0.1) is 21.5 Å². The largest absolute Gasteiger partial charge is 0.483 e. The van der Waals surface area contributed by atoms with Crippen LogP contribution in [0.4, 0.5) is 5.13 Å². The molecular formula is C17H18ClN5O2S2. The monoisotopic (exact) mass is 423 g/mol. The lowest BCUT2D eigenvalue weighted by molar-refractivity contribution is -0.113. The maximum atomic E-state index is 12.0. The predicted octanol–water partition coefficient (Wildman–Crippen LogP) is 4.28. The maximum absolute atomic E-state index is 12.0. The van der Waals surface area contributed by atoms with E-state index in [2.05, 4.69) is 20.5 Å². The molecule has 2 heterocycles. The Bertz CT molecular complexity index is 901. The summed E-state index contributed by atoms with van der Waals surface area (Å²) < 4.78 is 7.87. The second kappa shape index (κ2) is 9.20. The minimum atomic E-state index is -0.311. The molecule has 1 atom stereocenters. The van der Waals surface area contributed by atoms with Gasteiger partial charge >= 0.3 is 0 Å². The van der Waals surface area contributed by atoms with Crippen molar-refractivity contribution in [1.29, 1.82) is 0 Å². The molecule has 0 aliphatic rings. The van der Waals surface area contributed by atoms with Crippen molar-refractivity contribution in [3.05, 3.63) is 46.7 Å². The van der Waals surface area contributed by atoms with Gasteiger partial charge in [0.2, 0.25) is 5.91 Å². The van der Waals surface area contributed by atoms with Gasteiger partial charge in [0, 0.05) is 23.1 Å². The van der Waals surface area contributed by atoms with E-state index in [-0.39, 0.29) is 17.8 Å². The Morgan fingerprint density at radius 1 is 1.44 bits per heavy atom. The van der Waals surface area contributed by atoms with Crippen LogP contribution in [0.15, 0.2) is 41.0 Å². The molecule has 0 bridgehead atoms. The first-order valence-corrected chi connectivity index (χ1v) is 10.5. The summed E-state index contributed by atoms with van der Waals surface area (Å²) in [6, 6.07) is 7.22. The molecule has 10 heteroatoms. The molecule has 1 unspecified atom stereocenters. The van der Waals surface area contributed by atoms with Crippen LogP contribution in [0, 0.1) is 0 Å². The third kappa shape index (κ3) is 5.21. The zero-order valence-electron chi connectivity index (χ0n) is 14.8. The van der Waals surface area contributed by atoms with Crippen molar-refractivity contribution in [2.75, 3.05) is 11.1 Å². The number of amides is 1. The first kappa shape index (κ1) is 19.7. The van der Waals surface area contributed by atoms with Crippen molar-refractivity contribution in [2.24, 2.45) is 0 Å². The van der Waals surface area contributed by atoms with Crippen LogP contribution >= 0.6 is 34.7 Å². The second-order valence-electron chi connectivity index (χ2n) is 5.48. The van der Waals surface area contributed by atoms with Gasteiger partial charge in [-0.05, 0) is 32.0 Å². The lowest BCUT2D eigenvalue weighted by Gasteiger charge is -2.15. The zero-order chi connectivity index (χ0) is 19.2. The highest BCUT2D eigenvalue weighted by molar-refractivity contribution is 7.99. The molecule has 0 spiro atoms. The second-order valence-corrected chi connectivity index (χ2v) is 7.75. The van der Waals surface area contributed by atoms with Gasteiger partial charge in [-0.2, -0.15) is 0 Å². The first-order chi connectivity index (χ1) is 13.1. The van der Waals surface area contributed by atoms with Crippen LogP contribution in [0.3, 0.4) is 0 Å². The number of hydrogen-bond donors (Lipinski definition) is 1. The third-order valence-corrected chi connectivity index (χ3v) is 5.44. The number of carbonyl (C=O) groups excluding carboxylic acids is 1. The normalized spacial score (nSPS) is 12.0. The van der Waals surface area contributed by atoms with Crippen LogP contribution in [0.1, 0.15) is 25.8 Å². The Morgan fingerprint density at radius 2 is 2.30 bits per heavy atom. The number of halogens is 1. The van der Waals surface area contributed by atoms with Gasteiger partial charge in [-0.1, -0.05) is 29.4 Å². The number of carbonyl (C=O) groups is 1. The summed E-state index contributed by atoms with van der Waals surface area (Å²) in [6.07, 6.45) is 1.34. The lowest BCUT2D eigenvalue weighted by atomic mass is 10.3. The molecule has 0 aliphatic carbocycles. The number of nitrogens with zero attached hydrogens (tertiary/aromatic N) is 4. The number of nitrogens with one attached hydrogen (secondary N) is 1. The highest BCUT2D eigenvalue weighted by Crippen LogP contribution is 2.26. The van der Waals surface area contributed by atoms with Crippen molar-refractivity contribution in [2.45, 2.75) is 31.7 Å². The molecule has 3 aromatic rings. The number of thioether (sulfide) groups is 1. The SMILES string of the molecule is CCn1c(SCC(=O)Nc2nccs2)nnc1C(C)Oc1cccc(Cl)c1. The standard InChI is InChI=1S/C17H18ClN5O2S2/c1-3-23-15(11(2)25-13-6-4-5-12(18)9-13)21-22-17(23)27-10-14(24)20-16-19-7-8-26-16/h4-9,11H,3,10H2,1-2H3,(H,19,20,24). The van der Waals surface area contributed by atoms with Gasteiger partial charge in [0.05, 0.1) is 5.75 Å². The van der Waals surface area contributed by atoms with E-state index in [0.717, 1.165) is 0 Å². The lowest BCUT2D eigenvalue weighted by Crippen LogP contribution is -2.15. The average Bonchev–Trinajstić information content (AvgIpc) is 3.29. The van der Waals surface area contributed by atoms with Gasteiger partial charge in [-0.25, -0.2) is 4.98 Å². The summed E-state index contributed by atoms with van der Waals surface area (Å²) in [5.41, 5.74) is 0. The number of aromatic nitrogens is 4. The first-order valence-electron chi connectivity index (χ1n) is 8.24. The predicted molar refractivity (Wildman–Crippen MR) is 108 cm³/mol. The Balaban J connectivity index is 1.64. The molecule has 1 aromatic carbocycles. The van der Waals surface area contributed by atoms with Crippen molar-refractivity contribution in [1.82, 2.24) is 19.7 Å². The van der Waals surface area contributed by atoms with Crippen LogP contribution in [-0.2, 0) is 11.3 Å². The molecule has 0 saturated carbocycles. The fourth-order valence-corrected chi connectivity index (χ4v) is 3.91. The van der Waals surface area contributed by atoms with Crippen LogP contribution in [0.25, 0.3) is 0 Å². The van der Waals surface area contributed by atoms with E-state index in [1.54, 1.807) is 18.3 Å². The van der Waals surface area contributed by atoms with Gasteiger partial charge in [0.1, 0.15) is 5.75 Å². The molecule has 0 radical (unpaired) electrons. The average molecular weight is 424 g/mol. The number of rotatable bonds is 8. The van der Waals surface area contributed by atoms with Gasteiger partial charge in [0.25, 0.3) is 0 Å². The molecule has 142 valence electrons. The van der Waals surface area contributed by atoms with Gasteiger partial charge in [0.15, 0.2) is 22.2 Å². The molecule has 1 N–H and O–H groups in total. The molecule has 1 amide bonds. The highest BCUT2D eigenvalue weighted by Gasteiger charge is 2.19. The molecule has 3 rings (SSSR count).